The maximum absolute atomic E-state index is 13.6. The van der Waals surface area contributed by atoms with Gasteiger partial charge in [-0.05, 0) is 54.3 Å². The van der Waals surface area contributed by atoms with E-state index in [9.17, 15) is 4.39 Å². The first kappa shape index (κ1) is 14.5. The van der Waals surface area contributed by atoms with Crippen LogP contribution in [-0.2, 0) is 12.8 Å². The van der Waals surface area contributed by atoms with E-state index >= 15 is 0 Å². The molecule has 1 unspecified atom stereocenters. The molecule has 1 nitrogen and oxygen atoms in total. The molecule has 2 aromatic carbocycles. The zero-order valence-corrected chi connectivity index (χ0v) is 12.6. The Bertz CT molecular complexity index is 557. The van der Waals surface area contributed by atoms with Crippen LogP contribution in [0.5, 0.6) is 0 Å². The van der Waals surface area contributed by atoms with E-state index in [2.05, 4.69) is 15.9 Å². The van der Waals surface area contributed by atoms with Crippen molar-refractivity contribution in [3.8, 4) is 0 Å². The number of rotatable bonds is 4. The quantitative estimate of drug-likeness (QED) is 0.878. The predicted molar refractivity (Wildman–Crippen MR) is 80.9 cm³/mol. The summed E-state index contributed by atoms with van der Waals surface area (Å²) in [5.41, 5.74) is 7.78. The molecule has 1 atom stereocenters. The topological polar surface area (TPSA) is 26.0 Å². The van der Waals surface area contributed by atoms with Crippen molar-refractivity contribution in [1.29, 1.82) is 0 Å². The molecule has 0 saturated carbocycles. The normalized spacial score (nSPS) is 12.4. The highest BCUT2D eigenvalue weighted by Gasteiger charge is 2.10. The number of halogens is 3. The van der Waals surface area contributed by atoms with Gasteiger partial charge >= 0.3 is 0 Å². The van der Waals surface area contributed by atoms with E-state index in [1.807, 2.05) is 24.3 Å². The zero-order chi connectivity index (χ0) is 13.8. The van der Waals surface area contributed by atoms with Crippen molar-refractivity contribution in [2.75, 3.05) is 0 Å². The molecule has 19 heavy (non-hydrogen) atoms. The molecule has 2 N–H and O–H groups in total. The number of benzene rings is 2. The molecule has 2 aromatic rings. The third-order valence-corrected chi connectivity index (χ3v) is 3.66. The van der Waals surface area contributed by atoms with E-state index in [1.54, 1.807) is 12.1 Å². The van der Waals surface area contributed by atoms with Crippen molar-refractivity contribution in [3.05, 3.63) is 68.9 Å². The Hall–Kier alpha value is -0.900. The number of hydrogen-bond acceptors (Lipinski definition) is 1. The second-order valence-electron chi connectivity index (χ2n) is 4.53. The fourth-order valence-electron chi connectivity index (χ4n) is 1.98. The molecule has 0 aliphatic heterocycles. The lowest BCUT2D eigenvalue weighted by molar-refractivity contribution is 0.584. The van der Waals surface area contributed by atoms with Crippen LogP contribution in [0, 0.1) is 5.82 Å². The van der Waals surface area contributed by atoms with Gasteiger partial charge < -0.3 is 5.73 Å². The average molecular weight is 343 g/mol. The van der Waals surface area contributed by atoms with Crippen LogP contribution in [0.3, 0.4) is 0 Å². The summed E-state index contributed by atoms with van der Waals surface area (Å²) in [5, 5.41) is 0.534. The first-order valence-corrected chi connectivity index (χ1v) is 7.15. The maximum atomic E-state index is 13.6. The Morgan fingerprint density at radius 1 is 1.11 bits per heavy atom. The number of nitrogens with two attached hydrogens (primary N) is 1. The summed E-state index contributed by atoms with van der Waals surface area (Å²) in [5.74, 6) is -0.254. The van der Waals surface area contributed by atoms with E-state index in [4.69, 9.17) is 17.3 Å². The van der Waals surface area contributed by atoms with Crippen molar-refractivity contribution in [1.82, 2.24) is 0 Å². The molecule has 0 aromatic heterocycles. The molecule has 0 radical (unpaired) electrons. The van der Waals surface area contributed by atoms with Crippen LogP contribution in [0.15, 0.2) is 46.9 Å². The molecule has 0 fully saturated rings. The van der Waals surface area contributed by atoms with Crippen molar-refractivity contribution in [2.24, 2.45) is 5.73 Å². The van der Waals surface area contributed by atoms with Gasteiger partial charge in [-0.25, -0.2) is 4.39 Å². The summed E-state index contributed by atoms with van der Waals surface area (Å²) < 4.78 is 14.6. The van der Waals surface area contributed by atoms with Gasteiger partial charge in [-0.1, -0.05) is 39.7 Å². The largest absolute Gasteiger partial charge is 0.327 e. The van der Waals surface area contributed by atoms with Gasteiger partial charge in [0.2, 0.25) is 0 Å². The second-order valence-corrected chi connectivity index (χ2v) is 5.88. The predicted octanol–water partition coefficient (Wildman–Crippen LogP) is 4.35. The Labute approximate surface area is 125 Å². The van der Waals surface area contributed by atoms with Crippen molar-refractivity contribution >= 4 is 27.5 Å². The molecule has 100 valence electrons. The SMILES string of the molecule is NC(Cc1ccc(Br)cc1)Cc1cc(Cl)ccc1F. The molecule has 0 spiro atoms. The van der Waals surface area contributed by atoms with Crippen LogP contribution in [0.1, 0.15) is 11.1 Å². The van der Waals surface area contributed by atoms with Gasteiger partial charge in [0.15, 0.2) is 0 Å². The maximum Gasteiger partial charge on any atom is 0.126 e. The first-order valence-electron chi connectivity index (χ1n) is 5.98. The summed E-state index contributed by atoms with van der Waals surface area (Å²) in [7, 11) is 0. The zero-order valence-electron chi connectivity index (χ0n) is 10.2. The highest BCUT2D eigenvalue weighted by atomic mass is 79.9. The summed E-state index contributed by atoms with van der Waals surface area (Å²) in [6.45, 7) is 0. The molecule has 0 bridgehead atoms. The Morgan fingerprint density at radius 3 is 2.47 bits per heavy atom. The number of hydrogen-bond donors (Lipinski definition) is 1. The molecule has 2 rings (SSSR count). The second kappa shape index (κ2) is 6.51. The molecule has 0 aliphatic rings. The minimum Gasteiger partial charge on any atom is -0.327 e. The van der Waals surface area contributed by atoms with Gasteiger partial charge in [-0.3, -0.25) is 0 Å². The monoisotopic (exact) mass is 341 g/mol. The smallest absolute Gasteiger partial charge is 0.126 e. The van der Waals surface area contributed by atoms with Crippen molar-refractivity contribution < 1.29 is 4.39 Å². The molecular formula is C15H14BrClFN. The lowest BCUT2D eigenvalue weighted by Gasteiger charge is -2.13. The van der Waals surface area contributed by atoms with Gasteiger partial charge in [0.1, 0.15) is 5.82 Å². The van der Waals surface area contributed by atoms with Crippen molar-refractivity contribution in [2.45, 2.75) is 18.9 Å². The molecular weight excluding hydrogens is 329 g/mol. The minimum atomic E-state index is -0.254. The van der Waals surface area contributed by atoms with E-state index in [1.165, 1.54) is 6.07 Å². The summed E-state index contributed by atoms with van der Waals surface area (Å²) in [6, 6.07) is 12.4. The van der Waals surface area contributed by atoms with E-state index in [0.717, 1.165) is 10.0 Å². The van der Waals surface area contributed by atoms with Crippen LogP contribution < -0.4 is 5.73 Å². The van der Waals surface area contributed by atoms with Gasteiger partial charge in [0.25, 0.3) is 0 Å². The van der Waals surface area contributed by atoms with E-state index in [0.29, 0.717) is 23.4 Å². The molecule has 4 heteroatoms. The third kappa shape index (κ3) is 4.30. The fraction of sp³-hybridized carbons (Fsp3) is 0.200. The lowest BCUT2D eigenvalue weighted by Crippen LogP contribution is -2.26. The first-order chi connectivity index (χ1) is 9.04. The highest BCUT2D eigenvalue weighted by molar-refractivity contribution is 9.10. The van der Waals surface area contributed by atoms with E-state index in [-0.39, 0.29) is 11.9 Å². The average Bonchev–Trinajstić information content (AvgIpc) is 2.37. The Morgan fingerprint density at radius 2 is 1.79 bits per heavy atom. The van der Waals surface area contributed by atoms with Crippen LogP contribution >= 0.6 is 27.5 Å². The molecule has 0 heterocycles. The standard InChI is InChI=1S/C15H14BrClFN/c16-12-3-1-10(2-4-12)7-14(19)9-11-8-13(17)5-6-15(11)18/h1-6,8,14H,7,9,19H2. The summed E-state index contributed by atoms with van der Waals surface area (Å²) >= 11 is 9.25. The van der Waals surface area contributed by atoms with Crippen LogP contribution in [-0.4, -0.2) is 6.04 Å². The highest BCUT2D eigenvalue weighted by Crippen LogP contribution is 2.18. The fourth-order valence-corrected chi connectivity index (χ4v) is 2.44. The van der Waals surface area contributed by atoms with E-state index < -0.39 is 0 Å². The van der Waals surface area contributed by atoms with Gasteiger partial charge in [-0.15, -0.1) is 0 Å². The van der Waals surface area contributed by atoms with Gasteiger partial charge in [0, 0.05) is 15.5 Å². The van der Waals surface area contributed by atoms with Gasteiger partial charge in [-0.2, -0.15) is 0 Å². The van der Waals surface area contributed by atoms with Crippen molar-refractivity contribution in [3.63, 3.8) is 0 Å². The third-order valence-electron chi connectivity index (χ3n) is 2.90. The molecule has 0 aliphatic carbocycles. The molecule has 0 amide bonds. The summed E-state index contributed by atoms with van der Waals surface area (Å²) in [4.78, 5) is 0. The Balaban J connectivity index is 2.02. The minimum absolute atomic E-state index is 0.130. The van der Waals surface area contributed by atoms with Gasteiger partial charge in [0.05, 0.1) is 0 Å². The Kier molecular flexibility index (Phi) is 4.97. The lowest BCUT2D eigenvalue weighted by atomic mass is 9.99. The summed E-state index contributed by atoms with van der Waals surface area (Å²) in [6.07, 6.45) is 1.18. The van der Waals surface area contributed by atoms with Crippen LogP contribution in [0.25, 0.3) is 0 Å². The van der Waals surface area contributed by atoms with Crippen LogP contribution in [0.4, 0.5) is 4.39 Å². The van der Waals surface area contributed by atoms with Crippen LogP contribution in [0.2, 0.25) is 5.02 Å². The molecule has 0 saturated heterocycles.